The van der Waals surface area contributed by atoms with E-state index in [1.165, 1.54) is 18.3 Å². The third-order valence-electron chi connectivity index (χ3n) is 3.82. The normalized spacial score (nSPS) is 10.8. The van der Waals surface area contributed by atoms with Gasteiger partial charge in [0, 0.05) is 34.5 Å². The van der Waals surface area contributed by atoms with Crippen molar-refractivity contribution in [1.82, 2.24) is 9.97 Å². The molecule has 0 spiro atoms. The maximum Gasteiger partial charge on any atom is 0.350 e. The Hall–Kier alpha value is -2.80. The summed E-state index contributed by atoms with van der Waals surface area (Å²) in [6, 6.07) is 3.64. The highest BCUT2D eigenvalue weighted by atomic mass is 32.1. The van der Waals surface area contributed by atoms with Gasteiger partial charge in [0.05, 0.1) is 18.0 Å². The molecule has 0 unspecified atom stereocenters. The minimum Gasteiger partial charge on any atom is -0.462 e. The number of carbonyl (C=O) groups is 2. The Morgan fingerprint density at radius 1 is 1.36 bits per heavy atom. The maximum atomic E-state index is 12.3. The summed E-state index contributed by atoms with van der Waals surface area (Å²) in [5, 5.41) is 0.594. The van der Waals surface area contributed by atoms with Crippen LogP contribution in [-0.4, -0.2) is 28.3 Å². The third-order valence-corrected chi connectivity index (χ3v) is 4.90. The molecule has 3 rings (SSSR count). The molecule has 0 saturated carbocycles. The summed E-state index contributed by atoms with van der Waals surface area (Å²) in [5.74, 6) is -0.601. The number of fused-ring (bicyclic) bond motifs is 1. The molecule has 2 N–H and O–H groups in total. The summed E-state index contributed by atoms with van der Waals surface area (Å²) in [6.07, 6.45) is 3.32. The average molecular weight is 355 g/mol. The van der Waals surface area contributed by atoms with Gasteiger partial charge in [0.15, 0.2) is 5.78 Å². The Bertz CT molecular complexity index is 980. The Kier molecular flexibility index (Phi) is 4.50. The first-order valence-electron chi connectivity index (χ1n) is 7.76. The fourth-order valence-electron chi connectivity index (χ4n) is 2.84. The van der Waals surface area contributed by atoms with Crippen LogP contribution in [0.1, 0.15) is 39.6 Å². The van der Waals surface area contributed by atoms with Crippen LogP contribution >= 0.6 is 11.3 Å². The number of nitrogens with two attached hydrogens (primary N) is 1. The van der Waals surface area contributed by atoms with Crippen LogP contribution < -0.4 is 5.73 Å². The molecular weight excluding hydrogens is 338 g/mol. The quantitative estimate of drug-likeness (QED) is 0.567. The number of hydrogen-bond donors (Lipinski definition) is 1. The maximum absolute atomic E-state index is 12.3. The third kappa shape index (κ3) is 2.87. The largest absolute Gasteiger partial charge is 0.462 e. The number of thiophene rings is 1. The van der Waals surface area contributed by atoms with Crippen molar-refractivity contribution in [3.63, 3.8) is 0 Å². The van der Waals surface area contributed by atoms with Crippen LogP contribution in [0.15, 0.2) is 24.5 Å². The molecule has 0 saturated heterocycles. The van der Waals surface area contributed by atoms with Crippen molar-refractivity contribution in [3.8, 4) is 11.1 Å². The number of ketones is 1. The molecule has 7 heteroatoms. The second-order valence-corrected chi connectivity index (χ2v) is 6.49. The minimum atomic E-state index is -0.484. The highest BCUT2D eigenvalue weighted by Gasteiger charge is 2.25. The Morgan fingerprint density at radius 2 is 2.12 bits per heavy atom. The number of aromatic nitrogens is 2. The molecule has 0 aliphatic carbocycles. The fraction of sp³-hybridized carbons (Fsp3) is 0.222. The second kappa shape index (κ2) is 6.60. The molecule has 6 nitrogen and oxygen atoms in total. The Labute approximate surface area is 148 Å². The van der Waals surface area contributed by atoms with Gasteiger partial charge in [0.1, 0.15) is 9.71 Å². The van der Waals surface area contributed by atoms with Gasteiger partial charge in [0.2, 0.25) is 0 Å². The first-order chi connectivity index (χ1) is 12.0. The topological polar surface area (TPSA) is 95.2 Å². The van der Waals surface area contributed by atoms with Crippen molar-refractivity contribution >= 4 is 39.0 Å². The highest BCUT2D eigenvalue weighted by molar-refractivity contribution is 7.21. The molecule has 25 heavy (non-hydrogen) atoms. The van der Waals surface area contributed by atoms with E-state index in [4.69, 9.17) is 10.5 Å². The Balaban J connectivity index is 2.42. The van der Waals surface area contributed by atoms with E-state index < -0.39 is 5.97 Å². The van der Waals surface area contributed by atoms with E-state index in [1.807, 2.05) is 6.07 Å². The molecular formula is C18H17N3O3S. The predicted octanol–water partition coefficient (Wildman–Crippen LogP) is 3.63. The van der Waals surface area contributed by atoms with Crippen molar-refractivity contribution in [2.75, 3.05) is 12.3 Å². The Morgan fingerprint density at radius 3 is 2.72 bits per heavy atom. The van der Waals surface area contributed by atoms with E-state index in [0.717, 1.165) is 5.56 Å². The number of nitrogens with zero attached hydrogens (tertiary/aromatic N) is 2. The lowest BCUT2D eigenvalue weighted by Crippen LogP contribution is -2.06. The van der Waals surface area contributed by atoms with Crippen LogP contribution in [0.4, 0.5) is 5.69 Å². The molecule has 0 bridgehead atoms. The first kappa shape index (κ1) is 17.0. The fourth-order valence-corrected chi connectivity index (χ4v) is 3.89. The van der Waals surface area contributed by atoms with Gasteiger partial charge in [-0.05, 0) is 26.8 Å². The summed E-state index contributed by atoms with van der Waals surface area (Å²) >= 11 is 1.17. The number of ether oxygens (including phenoxy) is 1. The summed E-state index contributed by atoms with van der Waals surface area (Å²) in [7, 11) is 0. The second-order valence-electron chi connectivity index (χ2n) is 5.49. The molecule has 3 aromatic heterocycles. The van der Waals surface area contributed by atoms with Crippen molar-refractivity contribution in [3.05, 3.63) is 40.7 Å². The average Bonchev–Trinajstić information content (AvgIpc) is 2.91. The number of rotatable bonds is 4. The van der Waals surface area contributed by atoms with E-state index in [2.05, 4.69) is 9.97 Å². The lowest BCUT2D eigenvalue weighted by atomic mass is 9.94. The van der Waals surface area contributed by atoms with E-state index in [9.17, 15) is 9.59 Å². The molecule has 128 valence electrons. The van der Waals surface area contributed by atoms with Gasteiger partial charge in [-0.3, -0.25) is 9.78 Å². The van der Waals surface area contributed by atoms with E-state index >= 15 is 0 Å². The van der Waals surface area contributed by atoms with Crippen molar-refractivity contribution in [1.29, 1.82) is 0 Å². The lowest BCUT2D eigenvalue weighted by molar-refractivity contribution is 0.0533. The monoisotopic (exact) mass is 355 g/mol. The van der Waals surface area contributed by atoms with E-state index in [-0.39, 0.29) is 18.1 Å². The van der Waals surface area contributed by atoms with Crippen LogP contribution in [0.3, 0.4) is 0 Å². The van der Waals surface area contributed by atoms with Crippen molar-refractivity contribution < 1.29 is 14.3 Å². The lowest BCUT2D eigenvalue weighted by Gasteiger charge is -2.12. The number of aryl methyl sites for hydroxylation is 1. The molecule has 3 aromatic rings. The summed E-state index contributed by atoms with van der Waals surface area (Å²) in [6.45, 7) is 5.26. The SMILES string of the molecule is CCOC(=O)c1sc2nc(C)c(C(C)=O)c(-c3cccnc3)c2c1N. The standard InChI is InChI=1S/C18H17N3O3S/c1-4-24-18(23)16-15(19)14-13(11-6-5-7-20-8-11)12(10(3)22)9(2)21-17(14)25-16/h5-8H,4,19H2,1-3H3. The van der Waals surface area contributed by atoms with Crippen LogP contribution in [-0.2, 0) is 4.74 Å². The number of nitrogen functional groups attached to an aromatic ring is 1. The zero-order valence-corrected chi connectivity index (χ0v) is 14.9. The van der Waals surface area contributed by atoms with Crippen LogP contribution in [0.25, 0.3) is 21.3 Å². The van der Waals surface area contributed by atoms with Gasteiger partial charge in [-0.15, -0.1) is 11.3 Å². The zero-order valence-electron chi connectivity index (χ0n) is 14.1. The van der Waals surface area contributed by atoms with E-state index in [1.54, 1.807) is 32.3 Å². The summed E-state index contributed by atoms with van der Waals surface area (Å²) in [4.78, 5) is 34.0. The van der Waals surface area contributed by atoms with Gasteiger partial charge in [-0.1, -0.05) is 6.07 Å². The number of Topliss-reactive ketones (excluding diaryl/α,β-unsaturated/α-hetero) is 1. The van der Waals surface area contributed by atoms with Crippen LogP contribution in [0.5, 0.6) is 0 Å². The summed E-state index contributed by atoms with van der Waals surface area (Å²) < 4.78 is 5.08. The zero-order chi connectivity index (χ0) is 18.1. The first-order valence-corrected chi connectivity index (χ1v) is 8.58. The van der Waals surface area contributed by atoms with Gasteiger partial charge in [0.25, 0.3) is 0 Å². The van der Waals surface area contributed by atoms with E-state index in [0.29, 0.717) is 31.9 Å². The number of hydrogen-bond acceptors (Lipinski definition) is 7. The van der Waals surface area contributed by atoms with Gasteiger partial charge in [-0.2, -0.15) is 0 Å². The highest BCUT2D eigenvalue weighted by Crippen LogP contribution is 2.42. The number of esters is 1. The van der Waals surface area contributed by atoms with Crippen molar-refractivity contribution in [2.45, 2.75) is 20.8 Å². The molecule has 0 fully saturated rings. The molecule has 0 radical (unpaired) electrons. The van der Waals surface area contributed by atoms with Gasteiger partial charge >= 0.3 is 5.97 Å². The van der Waals surface area contributed by atoms with Crippen molar-refractivity contribution in [2.24, 2.45) is 0 Å². The molecule has 3 heterocycles. The summed E-state index contributed by atoms with van der Waals surface area (Å²) in [5.41, 5.74) is 9.04. The molecule has 0 atom stereocenters. The number of anilines is 1. The molecule has 0 aliphatic rings. The number of pyridine rings is 2. The molecule has 0 amide bonds. The number of carbonyl (C=O) groups excluding carboxylic acids is 2. The van der Waals surface area contributed by atoms with Crippen LogP contribution in [0.2, 0.25) is 0 Å². The smallest absolute Gasteiger partial charge is 0.350 e. The molecule has 0 aromatic carbocycles. The van der Waals surface area contributed by atoms with Gasteiger partial charge < -0.3 is 10.5 Å². The molecule has 0 aliphatic heterocycles. The predicted molar refractivity (Wildman–Crippen MR) is 98.0 cm³/mol. The minimum absolute atomic E-state index is 0.117. The van der Waals surface area contributed by atoms with Gasteiger partial charge in [-0.25, -0.2) is 9.78 Å². The van der Waals surface area contributed by atoms with Crippen LogP contribution in [0, 0.1) is 6.92 Å².